The Balaban J connectivity index is 2.18. The zero-order valence-corrected chi connectivity index (χ0v) is 10.2. The van der Waals surface area contributed by atoms with E-state index >= 15 is 0 Å². The van der Waals surface area contributed by atoms with Crippen LogP contribution < -0.4 is 11.1 Å². The van der Waals surface area contributed by atoms with E-state index in [4.69, 9.17) is 5.73 Å². The third kappa shape index (κ3) is 2.05. The number of pyridine rings is 1. The molecule has 88 valence electrons. The molecular formula is C13H21N3. The Morgan fingerprint density at radius 2 is 2.44 bits per heavy atom. The summed E-state index contributed by atoms with van der Waals surface area (Å²) in [7, 11) is 0. The van der Waals surface area contributed by atoms with Gasteiger partial charge in [0.05, 0.1) is 0 Å². The third-order valence-corrected chi connectivity index (χ3v) is 3.74. The lowest BCUT2D eigenvalue weighted by Crippen LogP contribution is -2.29. The Hall–Kier alpha value is -1.09. The lowest BCUT2D eigenvalue weighted by atomic mass is 9.81. The van der Waals surface area contributed by atoms with Gasteiger partial charge in [-0.3, -0.25) is 4.98 Å². The summed E-state index contributed by atoms with van der Waals surface area (Å²) < 4.78 is 0. The normalized spacial score (nSPS) is 29.5. The maximum absolute atomic E-state index is 6.04. The molecule has 1 fully saturated rings. The van der Waals surface area contributed by atoms with Gasteiger partial charge in [-0.25, -0.2) is 0 Å². The fourth-order valence-electron chi connectivity index (χ4n) is 2.86. The maximum atomic E-state index is 6.04. The summed E-state index contributed by atoms with van der Waals surface area (Å²) in [6, 6.07) is 2.54. The lowest BCUT2D eigenvalue weighted by Gasteiger charge is -2.26. The van der Waals surface area contributed by atoms with Gasteiger partial charge in [0, 0.05) is 24.1 Å². The van der Waals surface area contributed by atoms with Gasteiger partial charge in [-0.1, -0.05) is 13.8 Å². The van der Waals surface area contributed by atoms with Crippen molar-refractivity contribution in [2.24, 2.45) is 0 Å². The molecule has 0 amide bonds. The Bertz CT molecular complexity index is 364. The molecule has 3 heteroatoms. The smallest absolute Gasteiger partial charge is 0.0383 e. The van der Waals surface area contributed by atoms with Crippen molar-refractivity contribution < 1.29 is 0 Å². The van der Waals surface area contributed by atoms with E-state index in [1.165, 1.54) is 18.4 Å². The first-order valence-corrected chi connectivity index (χ1v) is 6.09. The number of rotatable bonds is 3. The zero-order valence-electron chi connectivity index (χ0n) is 10.2. The standard InChI is InChI=1S/C13H21N3/c1-3-16-10-4-6-13(2,8-10)11-9-15-7-5-12(11)14/h5,7,9-10,16H,3-4,6,8H2,1-2H3,(H2,14,15). The van der Waals surface area contributed by atoms with Crippen molar-refractivity contribution in [3.63, 3.8) is 0 Å². The highest BCUT2D eigenvalue weighted by molar-refractivity contribution is 5.49. The summed E-state index contributed by atoms with van der Waals surface area (Å²) >= 11 is 0. The first kappa shape index (κ1) is 11.4. The summed E-state index contributed by atoms with van der Waals surface area (Å²) in [5.41, 5.74) is 8.35. The molecule has 0 saturated heterocycles. The number of hydrogen-bond donors (Lipinski definition) is 2. The third-order valence-electron chi connectivity index (χ3n) is 3.74. The van der Waals surface area contributed by atoms with Crippen LogP contribution in [0.5, 0.6) is 0 Å². The van der Waals surface area contributed by atoms with Gasteiger partial charge in [0.25, 0.3) is 0 Å². The van der Waals surface area contributed by atoms with E-state index < -0.39 is 0 Å². The molecule has 0 aromatic carbocycles. The molecule has 3 nitrogen and oxygen atoms in total. The van der Waals surface area contributed by atoms with Crippen molar-refractivity contribution in [1.82, 2.24) is 10.3 Å². The van der Waals surface area contributed by atoms with Crippen LogP contribution in [0.15, 0.2) is 18.5 Å². The molecule has 3 N–H and O–H groups in total. The van der Waals surface area contributed by atoms with Crippen LogP contribution in [0.25, 0.3) is 0 Å². The summed E-state index contributed by atoms with van der Waals surface area (Å²) in [6.45, 7) is 5.51. The Kier molecular flexibility index (Phi) is 3.15. The highest BCUT2D eigenvalue weighted by Gasteiger charge is 2.37. The molecule has 1 aromatic heterocycles. The number of nitrogen functional groups attached to an aromatic ring is 1. The second kappa shape index (κ2) is 4.42. The minimum absolute atomic E-state index is 0.200. The molecule has 2 atom stereocenters. The summed E-state index contributed by atoms with van der Waals surface area (Å²) in [5.74, 6) is 0. The van der Waals surface area contributed by atoms with Gasteiger partial charge >= 0.3 is 0 Å². The average Bonchev–Trinajstić information content (AvgIpc) is 2.62. The first-order chi connectivity index (χ1) is 7.65. The van der Waals surface area contributed by atoms with Gasteiger partial charge in [-0.15, -0.1) is 0 Å². The van der Waals surface area contributed by atoms with Crippen molar-refractivity contribution in [3.8, 4) is 0 Å². The number of nitrogens with two attached hydrogens (primary N) is 1. The van der Waals surface area contributed by atoms with Crippen LogP contribution in [-0.4, -0.2) is 17.6 Å². The van der Waals surface area contributed by atoms with Crippen molar-refractivity contribution in [2.75, 3.05) is 12.3 Å². The minimum Gasteiger partial charge on any atom is -0.398 e. The van der Waals surface area contributed by atoms with Crippen LogP contribution in [0.1, 0.15) is 38.7 Å². The molecule has 1 aliphatic rings. The van der Waals surface area contributed by atoms with Crippen LogP contribution in [0.2, 0.25) is 0 Å². The van der Waals surface area contributed by atoms with Gasteiger partial charge in [0.1, 0.15) is 0 Å². The Morgan fingerprint density at radius 3 is 3.12 bits per heavy atom. The average molecular weight is 219 g/mol. The fraction of sp³-hybridized carbons (Fsp3) is 0.615. The SMILES string of the molecule is CCNC1CCC(C)(c2cnccc2N)C1. The summed E-state index contributed by atoms with van der Waals surface area (Å²) in [4.78, 5) is 4.21. The lowest BCUT2D eigenvalue weighted by molar-refractivity contribution is 0.458. The van der Waals surface area contributed by atoms with Crippen molar-refractivity contribution in [1.29, 1.82) is 0 Å². The molecular weight excluding hydrogens is 198 g/mol. The van der Waals surface area contributed by atoms with Crippen LogP contribution in [0, 0.1) is 0 Å². The molecule has 1 heterocycles. The van der Waals surface area contributed by atoms with Crippen molar-refractivity contribution >= 4 is 5.69 Å². The van der Waals surface area contributed by atoms with Gasteiger partial charge in [0.15, 0.2) is 0 Å². The molecule has 1 saturated carbocycles. The van der Waals surface area contributed by atoms with E-state index in [0.29, 0.717) is 6.04 Å². The number of aromatic nitrogens is 1. The van der Waals surface area contributed by atoms with E-state index in [-0.39, 0.29) is 5.41 Å². The van der Waals surface area contributed by atoms with Crippen LogP contribution in [-0.2, 0) is 5.41 Å². The summed E-state index contributed by atoms with van der Waals surface area (Å²) in [6.07, 6.45) is 7.29. The molecule has 0 aliphatic heterocycles. The maximum Gasteiger partial charge on any atom is 0.0383 e. The number of hydrogen-bond acceptors (Lipinski definition) is 3. The molecule has 0 radical (unpaired) electrons. The topological polar surface area (TPSA) is 50.9 Å². The summed E-state index contributed by atoms with van der Waals surface area (Å²) in [5, 5.41) is 3.53. The van der Waals surface area contributed by atoms with E-state index in [1.54, 1.807) is 6.20 Å². The molecule has 2 rings (SSSR count). The second-order valence-electron chi connectivity index (χ2n) is 5.02. The highest BCUT2D eigenvalue weighted by atomic mass is 14.9. The van der Waals surface area contributed by atoms with Gasteiger partial charge in [-0.2, -0.15) is 0 Å². The highest BCUT2D eigenvalue weighted by Crippen LogP contribution is 2.42. The largest absolute Gasteiger partial charge is 0.398 e. The Morgan fingerprint density at radius 1 is 1.62 bits per heavy atom. The fourth-order valence-corrected chi connectivity index (χ4v) is 2.86. The molecule has 1 aromatic rings. The van der Waals surface area contributed by atoms with E-state index in [2.05, 4.69) is 24.1 Å². The molecule has 0 spiro atoms. The molecule has 16 heavy (non-hydrogen) atoms. The number of anilines is 1. The van der Waals surface area contributed by atoms with Crippen LogP contribution >= 0.6 is 0 Å². The second-order valence-corrected chi connectivity index (χ2v) is 5.02. The van der Waals surface area contributed by atoms with Crippen LogP contribution in [0.3, 0.4) is 0 Å². The monoisotopic (exact) mass is 219 g/mol. The van der Waals surface area contributed by atoms with Gasteiger partial charge in [-0.05, 0) is 42.9 Å². The minimum atomic E-state index is 0.200. The van der Waals surface area contributed by atoms with E-state index in [9.17, 15) is 0 Å². The van der Waals surface area contributed by atoms with Crippen molar-refractivity contribution in [3.05, 3.63) is 24.0 Å². The van der Waals surface area contributed by atoms with E-state index in [1.807, 2.05) is 12.3 Å². The van der Waals surface area contributed by atoms with Gasteiger partial charge in [0.2, 0.25) is 0 Å². The Labute approximate surface area is 97.5 Å². The number of nitrogens with zero attached hydrogens (tertiary/aromatic N) is 1. The quantitative estimate of drug-likeness (QED) is 0.818. The predicted octanol–water partition coefficient (Wildman–Crippen LogP) is 2.08. The van der Waals surface area contributed by atoms with Crippen LogP contribution in [0.4, 0.5) is 5.69 Å². The first-order valence-electron chi connectivity index (χ1n) is 6.09. The number of nitrogens with one attached hydrogen (secondary N) is 1. The molecule has 0 bridgehead atoms. The van der Waals surface area contributed by atoms with Crippen molar-refractivity contribution in [2.45, 2.75) is 44.6 Å². The van der Waals surface area contributed by atoms with Gasteiger partial charge < -0.3 is 11.1 Å². The molecule has 2 unspecified atom stereocenters. The zero-order chi connectivity index (χ0) is 11.6. The predicted molar refractivity (Wildman–Crippen MR) is 67.3 cm³/mol. The molecule has 1 aliphatic carbocycles. The van der Waals surface area contributed by atoms with E-state index in [0.717, 1.165) is 18.7 Å².